The van der Waals surface area contributed by atoms with Crippen LogP contribution in [0.3, 0.4) is 0 Å². The fourth-order valence-corrected chi connectivity index (χ4v) is 4.08. The standard InChI is InChI=1S/C16H24N/c1-17(13-15-9-10-16(17)12-15)11-5-8-14-6-3-2-4-7-14/h2-4,6-7,15-16H,5,8-13H2,1H3/q+1. The average Bonchev–Trinajstić information content (AvgIpc) is 2.90. The first-order valence-electron chi connectivity index (χ1n) is 7.14. The minimum absolute atomic E-state index is 0.996. The van der Waals surface area contributed by atoms with E-state index >= 15 is 0 Å². The molecule has 3 rings (SSSR count). The SMILES string of the molecule is C[N+]1(CCCc2ccccc2)CC2CCC1C2. The van der Waals surface area contributed by atoms with Crippen molar-refractivity contribution in [2.45, 2.75) is 38.1 Å². The average molecular weight is 230 g/mol. The van der Waals surface area contributed by atoms with Crippen LogP contribution in [-0.4, -0.2) is 30.7 Å². The van der Waals surface area contributed by atoms with Crippen LogP contribution in [0.1, 0.15) is 31.2 Å². The number of likely N-dealkylation sites (tertiary alicyclic amines) is 1. The van der Waals surface area contributed by atoms with Gasteiger partial charge >= 0.3 is 0 Å². The third-order valence-corrected chi connectivity index (χ3v) is 5.05. The van der Waals surface area contributed by atoms with Crippen LogP contribution in [0.15, 0.2) is 30.3 Å². The summed E-state index contributed by atoms with van der Waals surface area (Å²) in [6.45, 7) is 2.84. The molecular weight excluding hydrogens is 206 g/mol. The normalized spacial score (nSPS) is 35.4. The Hall–Kier alpha value is -0.820. The highest BCUT2D eigenvalue weighted by Gasteiger charge is 2.47. The van der Waals surface area contributed by atoms with Crippen molar-refractivity contribution in [3.63, 3.8) is 0 Å². The topological polar surface area (TPSA) is 0 Å². The first-order chi connectivity index (χ1) is 8.26. The fourth-order valence-electron chi connectivity index (χ4n) is 4.08. The quantitative estimate of drug-likeness (QED) is 0.697. The molecule has 0 spiro atoms. The largest absolute Gasteiger partial charge is 0.323 e. The van der Waals surface area contributed by atoms with Crippen LogP contribution in [0.25, 0.3) is 0 Å². The van der Waals surface area contributed by atoms with Crippen LogP contribution < -0.4 is 0 Å². The van der Waals surface area contributed by atoms with Crippen molar-refractivity contribution in [1.82, 2.24) is 0 Å². The fraction of sp³-hybridized carbons (Fsp3) is 0.625. The van der Waals surface area contributed by atoms with Gasteiger partial charge in [-0.1, -0.05) is 30.3 Å². The maximum absolute atomic E-state index is 2.49. The molecule has 1 saturated heterocycles. The van der Waals surface area contributed by atoms with Crippen molar-refractivity contribution in [3.8, 4) is 0 Å². The van der Waals surface area contributed by atoms with E-state index in [0.717, 1.165) is 12.0 Å². The summed E-state index contributed by atoms with van der Waals surface area (Å²) >= 11 is 0. The Morgan fingerprint density at radius 3 is 2.65 bits per heavy atom. The van der Waals surface area contributed by atoms with Crippen molar-refractivity contribution in [2.24, 2.45) is 5.92 Å². The molecule has 2 bridgehead atoms. The van der Waals surface area contributed by atoms with E-state index in [1.165, 1.54) is 55.2 Å². The summed E-state index contributed by atoms with van der Waals surface area (Å²) in [7, 11) is 2.49. The van der Waals surface area contributed by atoms with Gasteiger partial charge in [-0.25, -0.2) is 0 Å². The molecule has 0 amide bonds. The van der Waals surface area contributed by atoms with E-state index in [9.17, 15) is 0 Å². The van der Waals surface area contributed by atoms with Gasteiger partial charge in [-0.15, -0.1) is 0 Å². The zero-order chi connectivity index (χ0) is 11.7. The lowest BCUT2D eigenvalue weighted by atomic mass is 10.1. The molecule has 1 nitrogen and oxygen atoms in total. The van der Waals surface area contributed by atoms with Crippen LogP contribution in [-0.2, 0) is 6.42 Å². The molecule has 1 heteroatoms. The summed E-state index contributed by atoms with van der Waals surface area (Å²) in [5.41, 5.74) is 1.50. The van der Waals surface area contributed by atoms with Crippen LogP contribution in [0.2, 0.25) is 0 Å². The van der Waals surface area contributed by atoms with E-state index in [1.807, 2.05) is 0 Å². The van der Waals surface area contributed by atoms with E-state index in [2.05, 4.69) is 37.4 Å². The van der Waals surface area contributed by atoms with Crippen LogP contribution in [0, 0.1) is 5.92 Å². The zero-order valence-corrected chi connectivity index (χ0v) is 10.9. The molecule has 1 aromatic carbocycles. The van der Waals surface area contributed by atoms with Gasteiger partial charge in [-0.3, -0.25) is 0 Å². The number of piperidine rings is 1. The molecule has 0 radical (unpaired) electrons. The summed E-state index contributed by atoms with van der Waals surface area (Å²) in [6.07, 6.45) is 7.13. The summed E-state index contributed by atoms with van der Waals surface area (Å²) < 4.78 is 1.37. The third-order valence-electron chi connectivity index (χ3n) is 5.05. The Balaban J connectivity index is 1.52. The molecule has 1 aliphatic heterocycles. The minimum Gasteiger partial charge on any atom is -0.323 e. The van der Waals surface area contributed by atoms with Gasteiger partial charge in [-0.05, 0) is 24.8 Å². The van der Waals surface area contributed by atoms with Gasteiger partial charge in [0.25, 0.3) is 0 Å². The number of hydrogen-bond donors (Lipinski definition) is 0. The second-order valence-corrected chi connectivity index (χ2v) is 6.31. The number of aryl methyl sites for hydroxylation is 1. The van der Waals surface area contributed by atoms with Crippen molar-refractivity contribution >= 4 is 0 Å². The van der Waals surface area contributed by atoms with Gasteiger partial charge in [-0.2, -0.15) is 0 Å². The second kappa shape index (κ2) is 4.45. The molecule has 1 aromatic rings. The molecule has 3 atom stereocenters. The summed E-state index contributed by atoms with van der Waals surface area (Å²) in [6, 6.07) is 11.9. The van der Waals surface area contributed by atoms with Gasteiger partial charge in [0, 0.05) is 18.8 Å². The lowest BCUT2D eigenvalue weighted by Gasteiger charge is -2.38. The molecule has 1 saturated carbocycles. The Bertz CT molecular complexity index is 372. The highest BCUT2D eigenvalue weighted by molar-refractivity contribution is 5.14. The Labute approximate surface area is 105 Å². The van der Waals surface area contributed by atoms with Gasteiger partial charge in [0.1, 0.15) is 0 Å². The molecule has 3 unspecified atom stereocenters. The van der Waals surface area contributed by atoms with E-state index in [-0.39, 0.29) is 0 Å². The van der Waals surface area contributed by atoms with Crippen LogP contribution >= 0.6 is 0 Å². The lowest BCUT2D eigenvalue weighted by molar-refractivity contribution is -0.926. The Morgan fingerprint density at radius 1 is 1.18 bits per heavy atom. The molecule has 1 heterocycles. The van der Waals surface area contributed by atoms with Gasteiger partial charge in [0.2, 0.25) is 0 Å². The predicted octanol–water partition coefficient (Wildman–Crippen LogP) is 3.25. The number of rotatable bonds is 4. The summed E-state index contributed by atoms with van der Waals surface area (Å²) in [5.74, 6) is 1.06. The van der Waals surface area contributed by atoms with Gasteiger partial charge < -0.3 is 4.48 Å². The summed E-state index contributed by atoms with van der Waals surface area (Å²) in [4.78, 5) is 0. The lowest BCUT2D eigenvalue weighted by Crippen LogP contribution is -2.50. The predicted molar refractivity (Wildman–Crippen MR) is 71.8 cm³/mol. The van der Waals surface area contributed by atoms with Crippen molar-refractivity contribution in [3.05, 3.63) is 35.9 Å². The molecular formula is C16H24N+. The third kappa shape index (κ3) is 2.26. The number of quaternary nitrogens is 1. The Morgan fingerprint density at radius 2 is 2.00 bits per heavy atom. The Kier molecular flexibility index (Phi) is 2.96. The molecule has 2 fully saturated rings. The molecule has 0 N–H and O–H groups in total. The first kappa shape index (κ1) is 11.3. The van der Waals surface area contributed by atoms with E-state index in [0.29, 0.717) is 0 Å². The van der Waals surface area contributed by atoms with Gasteiger partial charge in [0.15, 0.2) is 0 Å². The monoisotopic (exact) mass is 230 g/mol. The van der Waals surface area contributed by atoms with Crippen molar-refractivity contribution in [1.29, 1.82) is 0 Å². The van der Waals surface area contributed by atoms with Crippen molar-refractivity contribution in [2.75, 3.05) is 20.1 Å². The number of benzene rings is 1. The van der Waals surface area contributed by atoms with E-state index in [4.69, 9.17) is 0 Å². The van der Waals surface area contributed by atoms with Crippen LogP contribution in [0.5, 0.6) is 0 Å². The van der Waals surface area contributed by atoms with Crippen molar-refractivity contribution < 1.29 is 4.48 Å². The number of fused-ring (bicyclic) bond motifs is 2. The summed E-state index contributed by atoms with van der Waals surface area (Å²) in [5, 5.41) is 0. The zero-order valence-electron chi connectivity index (χ0n) is 10.9. The molecule has 17 heavy (non-hydrogen) atoms. The first-order valence-corrected chi connectivity index (χ1v) is 7.14. The molecule has 92 valence electrons. The molecule has 2 aliphatic rings. The number of nitrogens with zero attached hydrogens (tertiary/aromatic N) is 1. The molecule has 1 aliphatic carbocycles. The van der Waals surface area contributed by atoms with E-state index in [1.54, 1.807) is 0 Å². The maximum atomic E-state index is 2.49. The van der Waals surface area contributed by atoms with Crippen LogP contribution in [0.4, 0.5) is 0 Å². The smallest absolute Gasteiger partial charge is 0.0893 e. The van der Waals surface area contributed by atoms with E-state index < -0.39 is 0 Å². The highest BCUT2D eigenvalue weighted by Crippen LogP contribution is 2.41. The molecule has 0 aromatic heterocycles. The second-order valence-electron chi connectivity index (χ2n) is 6.31. The highest BCUT2D eigenvalue weighted by atomic mass is 15.4. The number of hydrogen-bond acceptors (Lipinski definition) is 0. The minimum atomic E-state index is 0.996. The maximum Gasteiger partial charge on any atom is 0.0893 e. The van der Waals surface area contributed by atoms with Gasteiger partial charge in [0.05, 0.1) is 26.2 Å².